The van der Waals surface area contributed by atoms with Crippen molar-refractivity contribution in [3.8, 4) is 11.5 Å². The van der Waals surface area contributed by atoms with E-state index in [1.54, 1.807) is 43.3 Å². The van der Waals surface area contributed by atoms with E-state index in [1.807, 2.05) is 0 Å². The molecule has 3 rings (SSSR count). The van der Waals surface area contributed by atoms with E-state index >= 15 is 0 Å². The van der Waals surface area contributed by atoms with E-state index in [4.69, 9.17) is 9.47 Å². The number of carbonyl (C=O) groups is 4. The number of hydrogen-bond acceptors (Lipinski definition) is 6. The van der Waals surface area contributed by atoms with Crippen LogP contribution in [0.2, 0.25) is 0 Å². The van der Waals surface area contributed by atoms with Crippen molar-refractivity contribution in [1.29, 1.82) is 0 Å². The van der Waals surface area contributed by atoms with E-state index in [9.17, 15) is 19.2 Å². The second kappa shape index (κ2) is 9.08. The summed E-state index contributed by atoms with van der Waals surface area (Å²) >= 11 is 2.11. The molecule has 0 aliphatic carbocycles. The molecule has 8 nitrogen and oxygen atoms in total. The lowest BCUT2D eigenvalue weighted by Crippen LogP contribution is -2.54. The van der Waals surface area contributed by atoms with Gasteiger partial charge in [-0.25, -0.2) is 9.69 Å². The molecular formula is C21H17IN2O6. The standard InChI is InChI=1S/C21H17IN2O6/c1-3-29-18-11-13(4-9-17(18)30-12(2)25)10-16-19(26)23-21(28)24(20(16)27)15-7-5-14(22)6-8-15/h4-11H,3H2,1-2H3,(H,23,26,28)/b16-10-. The third kappa shape index (κ3) is 4.67. The molecule has 1 fully saturated rings. The molecule has 0 saturated carbocycles. The number of urea groups is 1. The van der Waals surface area contributed by atoms with Gasteiger partial charge in [0.1, 0.15) is 5.57 Å². The zero-order chi connectivity index (χ0) is 21.8. The average Bonchev–Trinajstić information content (AvgIpc) is 2.68. The molecule has 2 aromatic carbocycles. The predicted molar refractivity (Wildman–Crippen MR) is 117 cm³/mol. The van der Waals surface area contributed by atoms with Crippen LogP contribution in [0.1, 0.15) is 19.4 Å². The fourth-order valence-corrected chi connectivity index (χ4v) is 3.13. The molecule has 0 radical (unpaired) electrons. The zero-order valence-corrected chi connectivity index (χ0v) is 18.3. The number of nitrogens with one attached hydrogen (secondary N) is 1. The Hall–Kier alpha value is -3.21. The number of anilines is 1. The summed E-state index contributed by atoms with van der Waals surface area (Å²) in [5, 5.41) is 2.18. The first-order valence-corrected chi connectivity index (χ1v) is 10.00. The van der Waals surface area contributed by atoms with Gasteiger partial charge in [0.15, 0.2) is 11.5 Å². The van der Waals surface area contributed by atoms with Crippen LogP contribution in [0.3, 0.4) is 0 Å². The van der Waals surface area contributed by atoms with Crippen LogP contribution in [0.25, 0.3) is 6.08 Å². The Labute approximate surface area is 186 Å². The van der Waals surface area contributed by atoms with Crippen molar-refractivity contribution in [2.45, 2.75) is 13.8 Å². The van der Waals surface area contributed by atoms with Crippen molar-refractivity contribution < 1.29 is 28.7 Å². The van der Waals surface area contributed by atoms with Gasteiger partial charge in [-0.1, -0.05) is 6.07 Å². The molecule has 0 unspecified atom stereocenters. The fourth-order valence-electron chi connectivity index (χ4n) is 2.77. The highest BCUT2D eigenvalue weighted by molar-refractivity contribution is 14.1. The molecule has 2 aromatic rings. The summed E-state index contributed by atoms with van der Waals surface area (Å²) in [6, 6.07) is 10.5. The topological polar surface area (TPSA) is 102 Å². The summed E-state index contributed by atoms with van der Waals surface area (Å²) in [6.45, 7) is 3.36. The smallest absolute Gasteiger partial charge is 0.335 e. The number of nitrogens with zero attached hydrogens (tertiary/aromatic N) is 1. The molecule has 4 amide bonds. The fraction of sp³-hybridized carbons (Fsp3) is 0.143. The Morgan fingerprint density at radius 1 is 1.10 bits per heavy atom. The van der Waals surface area contributed by atoms with Gasteiger partial charge in [-0.15, -0.1) is 0 Å². The van der Waals surface area contributed by atoms with Crippen molar-refractivity contribution in [2.24, 2.45) is 0 Å². The van der Waals surface area contributed by atoms with Crippen molar-refractivity contribution in [3.05, 3.63) is 57.2 Å². The highest BCUT2D eigenvalue weighted by Crippen LogP contribution is 2.30. The number of benzene rings is 2. The van der Waals surface area contributed by atoms with E-state index in [-0.39, 0.29) is 17.1 Å². The maximum Gasteiger partial charge on any atom is 0.335 e. The molecule has 0 bridgehead atoms. The van der Waals surface area contributed by atoms with Gasteiger partial charge >= 0.3 is 12.0 Å². The number of esters is 1. The van der Waals surface area contributed by atoms with E-state index in [1.165, 1.54) is 19.1 Å². The highest BCUT2D eigenvalue weighted by Gasteiger charge is 2.36. The van der Waals surface area contributed by atoms with Gasteiger partial charge in [0, 0.05) is 10.5 Å². The summed E-state index contributed by atoms with van der Waals surface area (Å²) in [5.41, 5.74) is 0.595. The first kappa shape index (κ1) is 21.5. The molecule has 1 N–H and O–H groups in total. The minimum absolute atomic E-state index is 0.212. The van der Waals surface area contributed by atoms with Crippen LogP contribution in [0.5, 0.6) is 11.5 Å². The molecule has 0 atom stereocenters. The average molecular weight is 520 g/mol. The van der Waals surface area contributed by atoms with Crippen LogP contribution in [0.4, 0.5) is 10.5 Å². The molecule has 0 aromatic heterocycles. The van der Waals surface area contributed by atoms with Crippen LogP contribution in [-0.4, -0.2) is 30.4 Å². The molecule has 0 spiro atoms. The molecule has 1 aliphatic heterocycles. The predicted octanol–water partition coefficient (Wildman–Crippen LogP) is 3.28. The van der Waals surface area contributed by atoms with Crippen LogP contribution in [0, 0.1) is 3.57 Å². The number of carbonyl (C=O) groups excluding carboxylic acids is 4. The molecular weight excluding hydrogens is 503 g/mol. The monoisotopic (exact) mass is 520 g/mol. The lowest BCUT2D eigenvalue weighted by Gasteiger charge is -2.26. The summed E-state index contributed by atoms with van der Waals surface area (Å²) < 4.78 is 11.5. The number of imide groups is 2. The van der Waals surface area contributed by atoms with Crippen LogP contribution < -0.4 is 19.7 Å². The number of ether oxygens (including phenoxy) is 2. The largest absolute Gasteiger partial charge is 0.490 e. The van der Waals surface area contributed by atoms with Crippen LogP contribution in [0.15, 0.2) is 48.0 Å². The molecule has 1 heterocycles. The summed E-state index contributed by atoms with van der Waals surface area (Å²) in [7, 11) is 0. The number of hydrogen-bond donors (Lipinski definition) is 1. The first-order chi connectivity index (χ1) is 14.3. The van der Waals surface area contributed by atoms with Gasteiger partial charge in [0.05, 0.1) is 12.3 Å². The molecule has 9 heteroatoms. The normalized spacial score (nSPS) is 15.2. The van der Waals surface area contributed by atoms with Crippen molar-refractivity contribution in [2.75, 3.05) is 11.5 Å². The minimum Gasteiger partial charge on any atom is -0.490 e. The van der Waals surface area contributed by atoms with Gasteiger partial charge in [-0.2, -0.15) is 0 Å². The van der Waals surface area contributed by atoms with Crippen molar-refractivity contribution in [3.63, 3.8) is 0 Å². The van der Waals surface area contributed by atoms with Crippen molar-refractivity contribution in [1.82, 2.24) is 5.32 Å². The molecule has 1 aliphatic rings. The summed E-state index contributed by atoms with van der Waals surface area (Å²) in [5.74, 6) is -1.53. The number of barbiturate groups is 1. The van der Waals surface area contributed by atoms with Gasteiger partial charge in [0.2, 0.25) is 0 Å². The summed E-state index contributed by atoms with van der Waals surface area (Å²) in [4.78, 5) is 49.7. The van der Waals surface area contributed by atoms with Crippen molar-refractivity contribution >= 4 is 58.2 Å². The number of halogens is 1. The van der Waals surface area contributed by atoms with Crippen LogP contribution >= 0.6 is 22.6 Å². The Bertz CT molecular complexity index is 1060. The molecule has 30 heavy (non-hydrogen) atoms. The lowest BCUT2D eigenvalue weighted by atomic mass is 10.1. The van der Waals surface area contributed by atoms with E-state index < -0.39 is 23.8 Å². The van der Waals surface area contributed by atoms with Gasteiger partial charge in [0.25, 0.3) is 11.8 Å². The third-order valence-corrected chi connectivity index (χ3v) is 4.74. The SMILES string of the molecule is CCOc1cc(/C=C2/C(=O)NC(=O)N(c3ccc(I)cc3)C2=O)ccc1OC(C)=O. The van der Waals surface area contributed by atoms with E-state index in [0.717, 1.165) is 8.47 Å². The van der Waals surface area contributed by atoms with Gasteiger partial charge < -0.3 is 9.47 Å². The number of rotatable bonds is 5. The number of amides is 4. The minimum atomic E-state index is -0.816. The maximum atomic E-state index is 12.9. The maximum absolute atomic E-state index is 12.9. The second-order valence-corrected chi connectivity index (χ2v) is 7.41. The quantitative estimate of drug-likeness (QED) is 0.214. The summed E-state index contributed by atoms with van der Waals surface area (Å²) in [6.07, 6.45) is 1.35. The second-order valence-electron chi connectivity index (χ2n) is 6.17. The Morgan fingerprint density at radius 2 is 1.80 bits per heavy atom. The third-order valence-electron chi connectivity index (χ3n) is 4.02. The Kier molecular flexibility index (Phi) is 6.50. The Balaban J connectivity index is 1.98. The Morgan fingerprint density at radius 3 is 2.43 bits per heavy atom. The van der Waals surface area contributed by atoms with Gasteiger partial charge in [-0.3, -0.25) is 19.7 Å². The molecule has 154 valence electrons. The van der Waals surface area contributed by atoms with E-state index in [0.29, 0.717) is 17.9 Å². The van der Waals surface area contributed by atoms with Gasteiger partial charge in [-0.05, 0) is 77.6 Å². The zero-order valence-electron chi connectivity index (χ0n) is 16.1. The van der Waals surface area contributed by atoms with E-state index in [2.05, 4.69) is 27.9 Å². The highest BCUT2D eigenvalue weighted by atomic mass is 127. The lowest BCUT2D eigenvalue weighted by molar-refractivity contribution is -0.132. The first-order valence-electron chi connectivity index (χ1n) is 8.92. The van der Waals surface area contributed by atoms with Crippen LogP contribution in [-0.2, 0) is 14.4 Å². The molecule has 1 saturated heterocycles.